The Balaban J connectivity index is 2.08. The molecular formula is C12H16O. The maximum atomic E-state index is 10.3. The van der Waals surface area contributed by atoms with Gasteiger partial charge in [-0.3, -0.25) is 0 Å². The molecule has 3 aliphatic carbocycles. The van der Waals surface area contributed by atoms with Crippen molar-refractivity contribution in [3.05, 3.63) is 24.3 Å². The quantitative estimate of drug-likeness (QED) is 0.600. The number of aliphatic hydroxyl groups is 1. The van der Waals surface area contributed by atoms with Gasteiger partial charge in [0.15, 0.2) is 0 Å². The van der Waals surface area contributed by atoms with Crippen molar-refractivity contribution in [1.29, 1.82) is 0 Å². The molecule has 0 radical (unpaired) electrons. The minimum atomic E-state index is -0.360. The van der Waals surface area contributed by atoms with E-state index < -0.39 is 0 Å². The summed E-state index contributed by atoms with van der Waals surface area (Å²) < 4.78 is 0. The van der Waals surface area contributed by atoms with Gasteiger partial charge in [0.1, 0.15) is 0 Å². The molecule has 0 aromatic carbocycles. The average Bonchev–Trinajstić information content (AvgIpc) is 2.28. The van der Waals surface area contributed by atoms with E-state index >= 15 is 0 Å². The van der Waals surface area contributed by atoms with E-state index in [1.54, 1.807) is 0 Å². The molecule has 4 atom stereocenters. The summed E-state index contributed by atoms with van der Waals surface area (Å²) in [6.07, 6.45) is 4.16. The van der Waals surface area contributed by atoms with E-state index in [0.717, 1.165) is 19.3 Å². The molecule has 0 saturated heterocycles. The molecule has 0 spiro atoms. The Hall–Kier alpha value is -0.560. The topological polar surface area (TPSA) is 20.2 Å². The van der Waals surface area contributed by atoms with Gasteiger partial charge >= 0.3 is 0 Å². The van der Waals surface area contributed by atoms with Crippen LogP contribution in [0.15, 0.2) is 24.3 Å². The maximum Gasteiger partial charge on any atom is 0.0662 e. The highest BCUT2D eigenvalue weighted by Gasteiger charge is 2.54. The second kappa shape index (κ2) is 2.09. The zero-order chi connectivity index (χ0) is 9.22. The molecule has 4 unspecified atom stereocenters. The molecule has 3 saturated carbocycles. The van der Waals surface area contributed by atoms with Crippen LogP contribution >= 0.6 is 0 Å². The van der Waals surface area contributed by atoms with Crippen LogP contribution in [-0.4, -0.2) is 10.7 Å². The fourth-order valence-electron chi connectivity index (χ4n) is 3.78. The van der Waals surface area contributed by atoms with Crippen molar-refractivity contribution in [2.45, 2.75) is 31.3 Å². The first kappa shape index (κ1) is 7.81. The van der Waals surface area contributed by atoms with E-state index in [2.05, 4.69) is 13.2 Å². The Labute approximate surface area is 79.2 Å². The smallest absolute Gasteiger partial charge is 0.0662 e. The van der Waals surface area contributed by atoms with Crippen molar-refractivity contribution < 1.29 is 5.11 Å². The second-order valence-corrected chi connectivity index (χ2v) is 5.19. The van der Waals surface area contributed by atoms with Gasteiger partial charge in [-0.15, -0.1) is 0 Å². The molecule has 3 fully saturated rings. The minimum Gasteiger partial charge on any atom is -0.390 e. The third-order valence-electron chi connectivity index (χ3n) is 4.38. The minimum absolute atomic E-state index is 0.360. The van der Waals surface area contributed by atoms with Crippen LogP contribution in [-0.2, 0) is 0 Å². The molecule has 3 rings (SSSR count). The molecule has 0 aromatic rings. The first-order valence-electron chi connectivity index (χ1n) is 5.19. The molecule has 0 aromatic heterocycles. The molecule has 1 N–H and O–H groups in total. The Morgan fingerprint density at radius 3 is 2.69 bits per heavy atom. The summed E-state index contributed by atoms with van der Waals surface area (Å²) in [5, 5.41) is 10.3. The van der Waals surface area contributed by atoms with E-state index in [-0.39, 0.29) is 5.60 Å². The molecule has 70 valence electrons. The van der Waals surface area contributed by atoms with Gasteiger partial charge in [0.2, 0.25) is 0 Å². The van der Waals surface area contributed by atoms with Crippen LogP contribution in [0, 0.1) is 17.8 Å². The summed E-state index contributed by atoms with van der Waals surface area (Å²) in [7, 11) is 0. The largest absolute Gasteiger partial charge is 0.390 e. The van der Waals surface area contributed by atoms with Crippen molar-refractivity contribution in [3.63, 3.8) is 0 Å². The molecule has 1 heteroatoms. The molecular weight excluding hydrogens is 160 g/mol. The molecule has 0 aliphatic heterocycles. The fourth-order valence-corrected chi connectivity index (χ4v) is 3.78. The van der Waals surface area contributed by atoms with Crippen molar-refractivity contribution in [2.75, 3.05) is 0 Å². The van der Waals surface area contributed by atoms with E-state index in [4.69, 9.17) is 0 Å². The number of hydrogen-bond acceptors (Lipinski definition) is 1. The summed E-state index contributed by atoms with van der Waals surface area (Å²) in [5.74, 6) is 1.80. The molecule has 3 bridgehead atoms. The number of rotatable bonds is 0. The SMILES string of the molecule is C=C1C(=C)C2CC3(O)CC1CC2C3. The lowest BCUT2D eigenvalue weighted by atomic mass is 9.67. The van der Waals surface area contributed by atoms with E-state index in [9.17, 15) is 5.11 Å². The zero-order valence-corrected chi connectivity index (χ0v) is 7.92. The zero-order valence-electron chi connectivity index (χ0n) is 7.92. The standard InChI is InChI=1S/C12H16O/c1-7-8(2)11-6-12(13)4-9(7)3-10(11)5-12/h9-11,13H,1-6H2. The van der Waals surface area contributed by atoms with Gasteiger partial charge in [0.05, 0.1) is 5.60 Å². The van der Waals surface area contributed by atoms with Crippen LogP contribution in [0.3, 0.4) is 0 Å². The monoisotopic (exact) mass is 176 g/mol. The molecule has 0 amide bonds. The van der Waals surface area contributed by atoms with Crippen LogP contribution < -0.4 is 0 Å². The highest BCUT2D eigenvalue weighted by atomic mass is 16.3. The van der Waals surface area contributed by atoms with Crippen molar-refractivity contribution in [3.8, 4) is 0 Å². The highest BCUT2D eigenvalue weighted by molar-refractivity contribution is 5.38. The first-order chi connectivity index (χ1) is 6.09. The van der Waals surface area contributed by atoms with Crippen molar-refractivity contribution in [1.82, 2.24) is 0 Å². The lowest BCUT2D eigenvalue weighted by Gasteiger charge is -2.39. The summed E-state index contributed by atoms with van der Waals surface area (Å²) in [4.78, 5) is 0. The van der Waals surface area contributed by atoms with Gasteiger partial charge in [-0.05, 0) is 54.6 Å². The van der Waals surface area contributed by atoms with Crippen molar-refractivity contribution >= 4 is 0 Å². The molecule has 13 heavy (non-hydrogen) atoms. The van der Waals surface area contributed by atoms with Gasteiger partial charge in [-0.2, -0.15) is 0 Å². The summed E-state index contributed by atoms with van der Waals surface area (Å²) in [6.45, 7) is 8.25. The third kappa shape index (κ3) is 0.859. The van der Waals surface area contributed by atoms with Crippen LogP contribution in [0.4, 0.5) is 0 Å². The Bertz CT molecular complexity index is 300. The van der Waals surface area contributed by atoms with Crippen LogP contribution in [0.2, 0.25) is 0 Å². The normalized spacial score (nSPS) is 53.2. The Kier molecular flexibility index (Phi) is 1.25. The van der Waals surface area contributed by atoms with E-state index in [1.807, 2.05) is 0 Å². The molecule has 3 aliphatic rings. The predicted molar refractivity (Wildman–Crippen MR) is 52.2 cm³/mol. The Morgan fingerprint density at radius 1 is 1.15 bits per heavy atom. The lowest BCUT2D eigenvalue weighted by Crippen LogP contribution is -2.34. The van der Waals surface area contributed by atoms with Gasteiger partial charge in [-0.1, -0.05) is 13.2 Å². The van der Waals surface area contributed by atoms with Gasteiger partial charge < -0.3 is 5.11 Å². The lowest BCUT2D eigenvalue weighted by molar-refractivity contribution is 0.00590. The van der Waals surface area contributed by atoms with Crippen LogP contribution in [0.5, 0.6) is 0 Å². The third-order valence-corrected chi connectivity index (χ3v) is 4.38. The van der Waals surface area contributed by atoms with Gasteiger partial charge in [0.25, 0.3) is 0 Å². The highest BCUT2D eigenvalue weighted by Crippen LogP contribution is 2.59. The number of hydrogen-bond donors (Lipinski definition) is 1. The van der Waals surface area contributed by atoms with Crippen LogP contribution in [0.25, 0.3) is 0 Å². The van der Waals surface area contributed by atoms with Crippen molar-refractivity contribution in [2.24, 2.45) is 17.8 Å². The Morgan fingerprint density at radius 2 is 1.92 bits per heavy atom. The second-order valence-electron chi connectivity index (χ2n) is 5.19. The summed E-state index contributed by atoms with van der Waals surface area (Å²) >= 11 is 0. The van der Waals surface area contributed by atoms with E-state index in [0.29, 0.717) is 17.8 Å². The average molecular weight is 176 g/mol. The number of fused-ring (bicyclic) bond motifs is 2. The predicted octanol–water partition coefficient (Wildman–Crippen LogP) is 2.28. The summed E-state index contributed by atoms with van der Waals surface area (Å²) in [6, 6.07) is 0. The maximum absolute atomic E-state index is 10.3. The molecule has 1 nitrogen and oxygen atoms in total. The summed E-state index contributed by atoms with van der Waals surface area (Å²) in [5.41, 5.74) is 2.12. The number of allylic oxidation sites excluding steroid dienone is 2. The first-order valence-corrected chi connectivity index (χ1v) is 5.19. The van der Waals surface area contributed by atoms with Gasteiger partial charge in [0, 0.05) is 0 Å². The van der Waals surface area contributed by atoms with E-state index in [1.165, 1.54) is 17.6 Å². The molecule has 0 heterocycles. The fraction of sp³-hybridized carbons (Fsp3) is 0.667. The van der Waals surface area contributed by atoms with Gasteiger partial charge in [-0.25, -0.2) is 0 Å². The van der Waals surface area contributed by atoms with Crippen LogP contribution in [0.1, 0.15) is 25.7 Å².